The van der Waals surface area contributed by atoms with E-state index in [-0.39, 0.29) is 17.0 Å². The molecular weight excluding hydrogens is 321 g/mol. The van der Waals surface area contributed by atoms with E-state index in [1.165, 1.54) is 18.0 Å². The van der Waals surface area contributed by atoms with E-state index >= 15 is 0 Å². The van der Waals surface area contributed by atoms with Crippen molar-refractivity contribution in [1.29, 1.82) is 0 Å². The van der Waals surface area contributed by atoms with E-state index in [9.17, 15) is 23.2 Å². The normalized spacial score (nSPS) is 15.3. The minimum atomic E-state index is -4.54. The number of carbonyl (C=O) groups is 1. The van der Waals surface area contributed by atoms with Crippen LogP contribution in [0.2, 0.25) is 0 Å². The summed E-state index contributed by atoms with van der Waals surface area (Å²) in [6.45, 7) is -0.462. The van der Waals surface area contributed by atoms with Crippen LogP contribution in [0, 0.1) is 5.21 Å². The molecule has 0 saturated heterocycles. The number of amides is 1. The summed E-state index contributed by atoms with van der Waals surface area (Å²) in [5, 5.41) is 12.4. The molecule has 4 nitrogen and oxygen atoms in total. The van der Waals surface area contributed by atoms with Gasteiger partial charge in [0.1, 0.15) is 0 Å². The molecule has 0 atom stereocenters. The molecule has 0 radical (unpaired) electrons. The van der Waals surface area contributed by atoms with E-state index in [0.29, 0.717) is 10.3 Å². The molecule has 1 aliphatic heterocycles. The number of hydroxylamine groups is 1. The lowest BCUT2D eigenvalue weighted by Crippen LogP contribution is -2.31. The molecule has 0 spiro atoms. The Labute approximate surface area is 136 Å². The number of carbonyl (C=O) groups excluding carboxylic acids is 1. The number of rotatable bonds is 1. The van der Waals surface area contributed by atoms with Gasteiger partial charge < -0.3 is 10.1 Å². The molecular formula is C17H13F3N2O2. The number of hydrogen-bond acceptors (Lipinski definition) is 2. The molecule has 2 aromatic rings. The number of alkyl halides is 3. The van der Waals surface area contributed by atoms with E-state index in [1.54, 1.807) is 30.3 Å². The molecule has 24 heavy (non-hydrogen) atoms. The highest BCUT2D eigenvalue weighted by atomic mass is 19.4. The van der Waals surface area contributed by atoms with Crippen molar-refractivity contribution in [2.75, 3.05) is 18.5 Å². The smallest absolute Gasteiger partial charge is 0.416 e. The largest absolute Gasteiger partial charge is 0.623 e. The molecule has 0 aliphatic carbocycles. The third-order valence-corrected chi connectivity index (χ3v) is 3.89. The fraction of sp³-hybridized carbons (Fsp3) is 0.176. The maximum atomic E-state index is 13.1. The van der Waals surface area contributed by atoms with Gasteiger partial charge in [-0.25, -0.2) is 0 Å². The minimum Gasteiger partial charge on any atom is -0.623 e. The van der Waals surface area contributed by atoms with Gasteiger partial charge in [-0.3, -0.25) is 4.79 Å². The summed E-state index contributed by atoms with van der Waals surface area (Å²) in [7, 11) is 1.44. The number of anilines is 1. The number of hydrogen-bond donors (Lipinski definition) is 0. The van der Waals surface area contributed by atoms with Gasteiger partial charge in [-0.15, -0.1) is 0 Å². The van der Waals surface area contributed by atoms with Gasteiger partial charge in [-0.2, -0.15) is 17.9 Å². The number of benzene rings is 2. The lowest BCUT2D eigenvalue weighted by molar-refractivity contribution is -0.443. The predicted molar refractivity (Wildman–Crippen MR) is 83.0 cm³/mol. The Morgan fingerprint density at radius 3 is 2.42 bits per heavy atom. The third kappa shape index (κ3) is 2.73. The lowest BCUT2D eigenvalue weighted by atomic mass is 9.98. The van der Waals surface area contributed by atoms with E-state index in [4.69, 9.17) is 0 Å². The fourth-order valence-electron chi connectivity index (χ4n) is 2.67. The van der Waals surface area contributed by atoms with Crippen molar-refractivity contribution < 1.29 is 22.7 Å². The van der Waals surface area contributed by atoms with Crippen molar-refractivity contribution in [3.8, 4) is 0 Å². The predicted octanol–water partition coefficient (Wildman–Crippen LogP) is 3.03. The van der Waals surface area contributed by atoms with Crippen LogP contribution in [0.25, 0.3) is 0 Å². The molecule has 0 aromatic heterocycles. The van der Waals surface area contributed by atoms with Gasteiger partial charge in [0.15, 0.2) is 0 Å². The van der Waals surface area contributed by atoms with Crippen LogP contribution in [0.5, 0.6) is 0 Å². The second-order valence-electron chi connectivity index (χ2n) is 5.43. The summed E-state index contributed by atoms with van der Waals surface area (Å²) in [6, 6.07) is 11.4. The average Bonchev–Trinajstić information content (AvgIpc) is 2.62. The molecule has 124 valence electrons. The first-order chi connectivity index (χ1) is 11.3. The number of nitrogens with zero attached hydrogens (tertiary/aromatic N) is 2. The summed E-state index contributed by atoms with van der Waals surface area (Å²) in [5.74, 6) is -0.489. The minimum absolute atomic E-state index is 0.0504. The van der Waals surface area contributed by atoms with E-state index in [0.717, 1.165) is 12.1 Å². The second kappa shape index (κ2) is 5.67. The van der Waals surface area contributed by atoms with Gasteiger partial charge in [0, 0.05) is 12.6 Å². The van der Waals surface area contributed by atoms with Crippen molar-refractivity contribution in [1.82, 2.24) is 0 Å². The van der Waals surface area contributed by atoms with E-state index in [2.05, 4.69) is 0 Å². The molecule has 0 saturated carbocycles. The number of fused-ring (bicyclic) bond motifs is 1. The fourth-order valence-corrected chi connectivity index (χ4v) is 2.67. The van der Waals surface area contributed by atoms with Crippen molar-refractivity contribution in [2.45, 2.75) is 6.18 Å². The van der Waals surface area contributed by atoms with Crippen LogP contribution in [0.15, 0.2) is 48.5 Å². The van der Waals surface area contributed by atoms with Gasteiger partial charge in [0.25, 0.3) is 5.91 Å². The van der Waals surface area contributed by atoms with Crippen molar-refractivity contribution in [2.24, 2.45) is 0 Å². The third-order valence-electron chi connectivity index (χ3n) is 3.89. The Hall–Kier alpha value is -2.83. The number of benzodiazepines with no additional fused rings is 1. The molecule has 1 amide bonds. The number of likely N-dealkylation sites (N-methyl/N-ethyl adjacent to an activating group) is 1. The summed E-state index contributed by atoms with van der Waals surface area (Å²) in [4.78, 5) is 13.3. The first kappa shape index (κ1) is 16.0. The highest BCUT2D eigenvalue weighted by molar-refractivity contribution is 6.16. The highest BCUT2D eigenvalue weighted by Crippen LogP contribution is 2.34. The van der Waals surface area contributed by atoms with Crippen LogP contribution in [-0.2, 0) is 11.0 Å². The van der Waals surface area contributed by atoms with Gasteiger partial charge in [0.05, 0.1) is 16.8 Å². The molecule has 0 fully saturated rings. The van der Waals surface area contributed by atoms with Gasteiger partial charge >= 0.3 is 6.18 Å². The van der Waals surface area contributed by atoms with E-state index < -0.39 is 24.2 Å². The van der Waals surface area contributed by atoms with Crippen LogP contribution < -0.4 is 4.90 Å². The molecule has 2 aromatic carbocycles. The summed E-state index contributed by atoms with van der Waals surface area (Å²) in [5.41, 5.74) is -0.0130. The molecule has 7 heteroatoms. The quantitative estimate of drug-likeness (QED) is 0.594. The molecule has 1 aliphatic rings. The Morgan fingerprint density at radius 1 is 1.12 bits per heavy atom. The maximum Gasteiger partial charge on any atom is 0.416 e. The Morgan fingerprint density at radius 2 is 1.79 bits per heavy atom. The van der Waals surface area contributed by atoms with Crippen molar-refractivity contribution in [3.63, 3.8) is 0 Å². The van der Waals surface area contributed by atoms with Crippen LogP contribution in [0.3, 0.4) is 0 Å². The molecule has 3 rings (SSSR count). The lowest BCUT2D eigenvalue weighted by Gasteiger charge is -2.17. The van der Waals surface area contributed by atoms with Gasteiger partial charge in [-0.05, 0) is 30.3 Å². The zero-order valence-corrected chi connectivity index (χ0v) is 12.7. The van der Waals surface area contributed by atoms with Gasteiger partial charge in [-0.1, -0.05) is 18.2 Å². The highest BCUT2D eigenvalue weighted by Gasteiger charge is 2.35. The van der Waals surface area contributed by atoms with E-state index in [1.807, 2.05) is 0 Å². The van der Waals surface area contributed by atoms with Crippen LogP contribution in [0.1, 0.15) is 16.7 Å². The Kier molecular flexibility index (Phi) is 3.79. The summed E-state index contributed by atoms with van der Waals surface area (Å²) in [6.07, 6.45) is -4.54. The standard InChI is InChI=1S/C17H13F3N2O2/c1-21-14-8-7-12(17(18,19)20)9-13(14)16(22(24)10-15(21)23)11-5-3-2-4-6-11/h2-9H,10H2,1H3. The first-order valence-corrected chi connectivity index (χ1v) is 7.14. The average molecular weight is 334 g/mol. The van der Waals surface area contributed by atoms with Crippen LogP contribution in [0.4, 0.5) is 18.9 Å². The van der Waals surface area contributed by atoms with Crippen molar-refractivity contribution >= 4 is 17.3 Å². The molecule has 0 bridgehead atoms. The maximum absolute atomic E-state index is 13.1. The van der Waals surface area contributed by atoms with Crippen LogP contribution >= 0.6 is 0 Å². The Balaban J connectivity index is 2.31. The topological polar surface area (TPSA) is 46.4 Å². The summed E-state index contributed by atoms with van der Waals surface area (Å²) < 4.78 is 39.7. The molecule has 0 unspecified atom stereocenters. The zero-order chi connectivity index (χ0) is 17.5. The monoisotopic (exact) mass is 334 g/mol. The first-order valence-electron chi connectivity index (χ1n) is 7.14. The second-order valence-corrected chi connectivity index (χ2v) is 5.43. The number of halogens is 3. The Bertz CT molecular complexity index is 829. The zero-order valence-electron chi connectivity index (χ0n) is 12.7. The SMILES string of the molecule is CN1C(=O)C[N+]([O-])=C(c2ccccc2)c2cc(C(F)(F)F)ccc21. The molecule has 0 N–H and O–H groups in total. The summed E-state index contributed by atoms with van der Waals surface area (Å²) >= 11 is 0. The molecule has 1 heterocycles. The van der Waals surface area contributed by atoms with Crippen LogP contribution in [-0.4, -0.2) is 30.0 Å². The van der Waals surface area contributed by atoms with Crippen molar-refractivity contribution in [3.05, 3.63) is 70.4 Å². The van der Waals surface area contributed by atoms with Gasteiger partial charge in [0.2, 0.25) is 12.3 Å².